The van der Waals surface area contributed by atoms with Crippen LogP contribution >= 0.6 is 0 Å². The van der Waals surface area contributed by atoms with Gasteiger partial charge in [-0.15, -0.1) is 0 Å². The minimum atomic E-state index is -0.123. The van der Waals surface area contributed by atoms with E-state index in [2.05, 4.69) is 0 Å². The van der Waals surface area contributed by atoms with E-state index in [9.17, 15) is 4.79 Å². The van der Waals surface area contributed by atoms with Gasteiger partial charge >= 0.3 is 0 Å². The highest BCUT2D eigenvalue weighted by atomic mass is 16.5. The van der Waals surface area contributed by atoms with Gasteiger partial charge in [0.05, 0.1) is 7.11 Å². The van der Waals surface area contributed by atoms with Gasteiger partial charge in [-0.3, -0.25) is 4.79 Å². The summed E-state index contributed by atoms with van der Waals surface area (Å²) in [7, 11) is 3.22. The molecule has 0 amide bonds. The Bertz CT molecular complexity index is 544. The maximum absolute atomic E-state index is 11.6. The van der Waals surface area contributed by atoms with Crippen LogP contribution in [0.3, 0.4) is 0 Å². The summed E-state index contributed by atoms with van der Waals surface area (Å²) in [6.07, 6.45) is 1.81. The van der Waals surface area contributed by atoms with Gasteiger partial charge in [-0.25, -0.2) is 0 Å². The highest BCUT2D eigenvalue weighted by molar-refractivity contribution is 5.63. The Morgan fingerprint density at radius 1 is 1.12 bits per heavy atom. The first-order chi connectivity index (χ1) is 7.72. The molecule has 0 fully saturated rings. The first-order valence-electron chi connectivity index (χ1n) is 5.02. The highest BCUT2D eigenvalue weighted by Gasteiger charge is 2.05. The third kappa shape index (κ3) is 1.84. The van der Waals surface area contributed by atoms with Gasteiger partial charge in [-0.05, 0) is 11.6 Å². The average molecular weight is 215 g/mol. The van der Waals surface area contributed by atoms with Crippen LogP contribution in [0.2, 0.25) is 0 Å². The molecule has 1 aromatic carbocycles. The molecule has 1 aromatic heterocycles. The largest absolute Gasteiger partial charge is 0.491 e. The molecule has 0 radical (unpaired) electrons. The Hall–Kier alpha value is -2.03. The predicted octanol–water partition coefficient (Wildman–Crippen LogP) is 2.06. The van der Waals surface area contributed by atoms with Gasteiger partial charge in [0.2, 0.25) is 0 Å². The van der Waals surface area contributed by atoms with E-state index < -0.39 is 0 Å². The van der Waals surface area contributed by atoms with Crippen molar-refractivity contribution >= 4 is 0 Å². The minimum Gasteiger partial charge on any atom is -0.491 e. The van der Waals surface area contributed by atoms with E-state index >= 15 is 0 Å². The quantitative estimate of drug-likeness (QED) is 0.767. The molecule has 0 saturated heterocycles. The second kappa shape index (κ2) is 4.23. The molecular weight excluding hydrogens is 202 g/mol. The number of benzene rings is 1. The normalized spacial score (nSPS) is 10.1. The number of hydrogen-bond acceptors (Lipinski definition) is 2. The van der Waals surface area contributed by atoms with Gasteiger partial charge < -0.3 is 9.30 Å². The summed E-state index contributed by atoms with van der Waals surface area (Å²) in [4.78, 5) is 11.6. The van der Waals surface area contributed by atoms with Gasteiger partial charge in [0, 0.05) is 18.8 Å². The second-order valence-corrected chi connectivity index (χ2v) is 3.58. The Labute approximate surface area is 93.9 Å². The van der Waals surface area contributed by atoms with Crippen LogP contribution in [0.4, 0.5) is 0 Å². The predicted molar refractivity (Wildman–Crippen MR) is 63.7 cm³/mol. The summed E-state index contributed by atoms with van der Waals surface area (Å²) in [5, 5.41) is 0. The third-order valence-electron chi connectivity index (χ3n) is 2.48. The molecule has 0 bridgehead atoms. The van der Waals surface area contributed by atoms with Crippen LogP contribution in [0.5, 0.6) is 5.75 Å². The van der Waals surface area contributed by atoms with Gasteiger partial charge in [-0.1, -0.05) is 30.3 Å². The van der Waals surface area contributed by atoms with Crippen molar-refractivity contribution in [2.24, 2.45) is 7.05 Å². The third-order valence-corrected chi connectivity index (χ3v) is 2.48. The summed E-state index contributed by atoms with van der Waals surface area (Å²) in [6.45, 7) is 0. The standard InChI is InChI=1S/C13H13NO2/c1-14-9-11(8-12(16-2)13(14)15)10-6-4-3-5-7-10/h3-9H,1-2H3. The number of hydrogen-bond donors (Lipinski definition) is 0. The molecule has 16 heavy (non-hydrogen) atoms. The number of rotatable bonds is 2. The summed E-state index contributed by atoms with van der Waals surface area (Å²) in [5.41, 5.74) is 1.91. The van der Waals surface area contributed by atoms with Crippen molar-refractivity contribution in [1.29, 1.82) is 0 Å². The fourth-order valence-electron chi connectivity index (χ4n) is 1.62. The van der Waals surface area contributed by atoms with Gasteiger partial charge in [0.1, 0.15) is 0 Å². The van der Waals surface area contributed by atoms with Crippen LogP contribution in [-0.4, -0.2) is 11.7 Å². The van der Waals surface area contributed by atoms with Crippen LogP contribution < -0.4 is 10.3 Å². The lowest BCUT2D eigenvalue weighted by Gasteiger charge is -2.07. The zero-order chi connectivity index (χ0) is 11.5. The van der Waals surface area contributed by atoms with Crippen molar-refractivity contribution in [2.45, 2.75) is 0 Å². The molecule has 3 nitrogen and oxygen atoms in total. The maximum atomic E-state index is 11.6. The Kier molecular flexibility index (Phi) is 2.77. The zero-order valence-corrected chi connectivity index (χ0v) is 9.31. The molecule has 0 saturated carbocycles. The van der Waals surface area contributed by atoms with Crippen LogP contribution in [0.1, 0.15) is 0 Å². The highest BCUT2D eigenvalue weighted by Crippen LogP contribution is 2.20. The van der Waals surface area contributed by atoms with E-state index in [0.717, 1.165) is 11.1 Å². The number of aromatic nitrogens is 1. The Morgan fingerprint density at radius 2 is 1.81 bits per heavy atom. The number of methoxy groups -OCH3 is 1. The number of ether oxygens (including phenoxy) is 1. The van der Waals surface area contributed by atoms with Gasteiger partial charge in [-0.2, -0.15) is 0 Å². The monoisotopic (exact) mass is 215 g/mol. The van der Waals surface area contributed by atoms with E-state index in [0.29, 0.717) is 5.75 Å². The lowest BCUT2D eigenvalue weighted by atomic mass is 10.1. The van der Waals surface area contributed by atoms with E-state index in [1.807, 2.05) is 30.3 Å². The van der Waals surface area contributed by atoms with Gasteiger partial charge in [0.15, 0.2) is 5.75 Å². The molecule has 0 atom stereocenters. The van der Waals surface area contributed by atoms with E-state index in [1.165, 1.54) is 11.7 Å². The summed E-state index contributed by atoms with van der Waals surface area (Å²) in [5.74, 6) is 0.365. The fraction of sp³-hybridized carbons (Fsp3) is 0.154. The lowest BCUT2D eigenvalue weighted by Crippen LogP contribution is -2.17. The molecular formula is C13H13NO2. The van der Waals surface area contributed by atoms with E-state index in [-0.39, 0.29) is 5.56 Å². The van der Waals surface area contributed by atoms with E-state index in [1.54, 1.807) is 19.3 Å². The van der Waals surface area contributed by atoms with Crippen LogP contribution in [0.25, 0.3) is 11.1 Å². The van der Waals surface area contributed by atoms with Crippen molar-refractivity contribution < 1.29 is 4.74 Å². The van der Waals surface area contributed by atoms with E-state index in [4.69, 9.17) is 4.74 Å². The van der Waals surface area contributed by atoms with Crippen molar-refractivity contribution in [3.63, 3.8) is 0 Å². The Balaban J connectivity index is 2.60. The summed E-state index contributed by atoms with van der Waals surface area (Å²) >= 11 is 0. The Morgan fingerprint density at radius 3 is 2.44 bits per heavy atom. The molecule has 1 heterocycles. The molecule has 2 aromatic rings. The lowest BCUT2D eigenvalue weighted by molar-refractivity contribution is 0.405. The molecule has 0 aliphatic carbocycles. The molecule has 0 unspecified atom stereocenters. The average Bonchev–Trinajstić information content (AvgIpc) is 2.33. The van der Waals surface area contributed by atoms with Crippen LogP contribution in [0, 0.1) is 0 Å². The zero-order valence-electron chi connectivity index (χ0n) is 9.31. The SMILES string of the molecule is COc1cc(-c2ccccc2)cn(C)c1=O. The fourth-order valence-corrected chi connectivity index (χ4v) is 1.62. The summed E-state index contributed by atoms with van der Waals surface area (Å²) < 4.78 is 6.58. The molecule has 0 aliphatic heterocycles. The number of aryl methyl sites for hydroxylation is 1. The second-order valence-electron chi connectivity index (χ2n) is 3.58. The van der Waals surface area contributed by atoms with Crippen LogP contribution in [0.15, 0.2) is 47.4 Å². The topological polar surface area (TPSA) is 31.2 Å². The maximum Gasteiger partial charge on any atom is 0.292 e. The number of nitrogens with zero attached hydrogens (tertiary/aromatic N) is 1. The van der Waals surface area contributed by atoms with Crippen molar-refractivity contribution in [3.05, 3.63) is 52.9 Å². The molecule has 2 rings (SSSR count). The molecule has 0 N–H and O–H groups in total. The van der Waals surface area contributed by atoms with Gasteiger partial charge in [0.25, 0.3) is 5.56 Å². The first kappa shape index (κ1) is 10.5. The van der Waals surface area contributed by atoms with Crippen molar-refractivity contribution in [2.75, 3.05) is 7.11 Å². The molecule has 3 heteroatoms. The summed E-state index contributed by atoms with van der Waals surface area (Å²) in [6, 6.07) is 11.7. The minimum absolute atomic E-state index is 0.123. The van der Waals surface area contributed by atoms with Crippen LogP contribution in [-0.2, 0) is 7.05 Å². The number of pyridine rings is 1. The smallest absolute Gasteiger partial charge is 0.292 e. The van der Waals surface area contributed by atoms with Crippen molar-refractivity contribution in [1.82, 2.24) is 4.57 Å². The molecule has 0 spiro atoms. The molecule has 0 aliphatic rings. The van der Waals surface area contributed by atoms with Crippen molar-refractivity contribution in [3.8, 4) is 16.9 Å². The first-order valence-corrected chi connectivity index (χ1v) is 5.02. The molecule has 82 valence electrons.